The summed E-state index contributed by atoms with van der Waals surface area (Å²) in [5.41, 5.74) is 5.98. The fraction of sp³-hybridized carbons (Fsp3) is 0.269. The van der Waals surface area contributed by atoms with Crippen LogP contribution in [0.15, 0.2) is 73.0 Å². The van der Waals surface area contributed by atoms with Crippen LogP contribution in [-0.4, -0.2) is 25.9 Å². The molecule has 4 aromatic rings. The Balaban J connectivity index is 1.57. The van der Waals surface area contributed by atoms with E-state index in [1.807, 2.05) is 55.0 Å². The lowest BCUT2D eigenvalue weighted by atomic mass is 10.1. The first-order valence-electron chi connectivity index (χ1n) is 11.2. The number of rotatable bonds is 9. The third kappa shape index (κ3) is 5.52. The molecule has 0 fully saturated rings. The Hall–Kier alpha value is -3.38. The summed E-state index contributed by atoms with van der Waals surface area (Å²) >= 11 is 6.19. The fourth-order valence-corrected chi connectivity index (χ4v) is 3.75. The van der Waals surface area contributed by atoms with Crippen LogP contribution < -0.4 is 10.6 Å². The minimum atomic E-state index is 0.384. The first-order valence-corrected chi connectivity index (χ1v) is 11.6. The lowest BCUT2D eigenvalue weighted by Crippen LogP contribution is -2.08. The summed E-state index contributed by atoms with van der Waals surface area (Å²) < 4.78 is 2.14. The standard InChI is InChI=1S/C26H29ClN6/c1-4-19(3)24-16-31-26-25(29-11-10-18(2)13-30-22-8-6-5-7-9-22)32-23(17-33(24)26)20-12-21(27)15-28-14-20/h5-9,12-17,19,30H,4,10-11H2,1-3H3,(H,29,32)/b18-13+. The van der Waals surface area contributed by atoms with Gasteiger partial charge in [-0.05, 0) is 50.1 Å². The SMILES string of the molecule is CCC(C)c1cnc2c(NCC/C(C)=C/Nc3ccccc3)nc(-c3cncc(Cl)c3)cn12. The van der Waals surface area contributed by atoms with Crippen molar-refractivity contribution in [3.05, 3.63) is 83.7 Å². The number of nitrogens with one attached hydrogen (secondary N) is 2. The predicted octanol–water partition coefficient (Wildman–Crippen LogP) is 6.78. The quantitative estimate of drug-likeness (QED) is 0.288. The summed E-state index contributed by atoms with van der Waals surface area (Å²) in [5, 5.41) is 7.42. The van der Waals surface area contributed by atoms with E-state index in [-0.39, 0.29) is 0 Å². The molecule has 1 unspecified atom stereocenters. The third-order valence-corrected chi connectivity index (χ3v) is 5.92. The third-order valence-electron chi connectivity index (χ3n) is 5.71. The molecule has 6 nitrogen and oxygen atoms in total. The highest BCUT2D eigenvalue weighted by Crippen LogP contribution is 2.28. The van der Waals surface area contributed by atoms with Gasteiger partial charge in [0, 0.05) is 48.3 Å². The van der Waals surface area contributed by atoms with Gasteiger partial charge >= 0.3 is 0 Å². The molecule has 1 atom stereocenters. The van der Waals surface area contributed by atoms with E-state index in [9.17, 15) is 0 Å². The van der Waals surface area contributed by atoms with Crippen LogP contribution in [-0.2, 0) is 0 Å². The van der Waals surface area contributed by atoms with E-state index in [0.29, 0.717) is 10.9 Å². The van der Waals surface area contributed by atoms with E-state index >= 15 is 0 Å². The molecule has 0 radical (unpaired) electrons. The molecule has 0 saturated carbocycles. The number of aromatic nitrogens is 4. The van der Waals surface area contributed by atoms with Crippen LogP contribution in [0.3, 0.4) is 0 Å². The highest BCUT2D eigenvalue weighted by molar-refractivity contribution is 6.30. The maximum atomic E-state index is 6.19. The maximum absolute atomic E-state index is 6.19. The molecule has 0 aliphatic carbocycles. The summed E-state index contributed by atoms with van der Waals surface area (Å²) in [6.07, 6.45) is 11.3. The van der Waals surface area contributed by atoms with Crippen molar-refractivity contribution in [3.63, 3.8) is 0 Å². The summed E-state index contributed by atoms with van der Waals surface area (Å²) in [5.74, 6) is 1.14. The van der Waals surface area contributed by atoms with Crippen LogP contribution in [0.2, 0.25) is 5.02 Å². The second-order valence-corrected chi connectivity index (χ2v) is 8.67. The molecule has 1 aromatic carbocycles. The van der Waals surface area contributed by atoms with Gasteiger partial charge < -0.3 is 10.6 Å². The molecule has 0 saturated heterocycles. The number of pyridine rings is 1. The number of anilines is 2. The van der Waals surface area contributed by atoms with E-state index in [1.165, 1.54) is 5.57 Å². The number of nitrogens with zero attached hydrogens (tertiary/aromatic N) is 4. The predicted molar refractivity (Wildman–Crippen MR) is 137 cm³/mol. The normalized spacial score (nSPS) is 12.7. The van der Waals surface area contributed by atoms with Crippen molar-refractivity contribution in [1.29, 1.82) is 0 Å². The molecule has 0 bridgehead atoms. The van der Waals surface area contributed by atoms with Crippen molar-refractivity contribution in [2.75, 3.05) is 17.2 Å². The second-order valence-electron chi connectivity index (χ2n) is 8.23. The van der Waals surface area contributed by atoms with Crippen molar-refractivity contribution in [2.24, 2.45) is 0 Å². The van der Waals surface area contributed by atoms with Crippen LogP contribution in [0.5, 0.6) is 0 Å². The van der Waals surface area contributed by atoms with E-state index in [4.69, 9.17) is 16.6 Å². The fourth-order valence-electron chi connectivity index (χ4n) is 3.58. The van der Waals surface area contributed by atoms with E-state index < -0.39 is 0 Å². The van der Waals surface area contributed by atoms with Crippen LogP contribution in [0.1, 0.15) is 45.2 Å². The van der Waals surface area contributed by atoms with Crippen LogP contribution >= 0.6 is 11.6 Å². The van der Waals surface area contributed by atoms with Crippen molar-refractivity contribution in [2.45, 2.75) is 39.5 Å². The minimum Gasteiger partial charge on any atom is -0.367 e. The van der Waals surface area contributed by atoms with Gasteiger partial charge in [-0.15, -0.1) is 0 Å². The maximum Gasteiger partial charge on any atom is 0.180 e. The Morgan fingerprint density at radius 1 is 1.18 bits per heavy atom. The van der Waals surface area contributed by atoms with Crippen molar-refractivity contribution < 1.29 is 0 Å². The first-order chi connectivity index (χ1) is 16.0. The zero-order valence-corrected chi connectivity index (χ0v) is 20.0. The van der Waals surface area contributed by atoms with Crippen LogP contribution in [0.25, 0.3) is 16.9 Å². The summed E-state index contributed by atoms with van der Waals surface area (Å²) in [6.45, 7) is 7.26. The van der Waals surface area contributed by atoms with Gasteiger partial charge in [0.2, 0.25) is 0 Å². The average Bonchev–Trinajstić information content (AvgIpc) is 3.27. The van der Waals surface area contributed by atoms with Crippen LogP contribution in [0.4, 0.5) is 11.5 Å². The van der Waals surface area contributed by atoms with Crippen molar-refractivity contribution in [1.82, 2.24) is 19.4 Å². The van der Waals surface area contributed by atoms with Gasteiger partial charge in [-0.1, -0.05) is 49.2 Å². The monoisotopic (exact) mass is 460 g/mol. The number of hydrogen-bond acceptors (Lipinski definition) is 5. The minimum absolute atomic E-state index is 0.384. The molecule has 170 valence electrons. The molecule has 2 N–H and O–H groups in total. The van der Waals surface area contributed by atoms with E-state index in [1.54, 1.807) is 12.4 Å². The number of para-hydroxylation sites is 1. The number of benzene rings is 1. The van der Waals surface area contributed by atoms with Gasteiger partial charge in [0.1, 0.15) is 0 Å². The summed E-state index contributed by atoms with van der Waals surface area (Å²) in [7, 11) is 0. The number of fused-ring (bicyclic) bond motifs is 1. The largest absolute Gasteiger partial charge is 0.367 e. The van der Waals surface area contributed by atoms with E-state index in [0.717, 1.165) is 53.5 Å². The molecule has 7 heteroatoms. The highest BCUT2D eigenvalue weighted by atomic mass is 35.5. The van der Waals surface area contributed by atoms with Crippen molar-refractivity contribution >= 4 is 28.8 Å². The molecule has 0 spiro atoms. The van der Waals surface area contributed by atoms with Gasteiger partial charge in [-0.2, -0.15) is 0 Å². The van der Waals surface area contributed by atoms with Crippen molar-refractivity contribution in [3.8, 4) is 11.3 Å². The first kappa shape index (κ1) is 22.8. The smallest absolute Gasteiger partial charge is 0.180 e. The molecule has 33 heavy (non-hydrogen) atoms. The number of halogens is 1. The lowest BCUT2D eigenvalue weighted by Gasteiger charge is -2.13. The average molecular weight is 461 g/mol. The Bertz CT molecular complexity index is 1250. The topological polar surface area (TPSA) is 67.1 Å². The molecule has 0 aliphatic rings. The molecule has 0 aliphatic heterocycles. The van der Waals surface area contributed by atoms with Gasteiger partial charge in [-0.3, -0.25) is 9.38 Å². The Labute approximate surface area is 199 Å². The van der Waals surface area contributed by atoms with Gasteiger partial charge in [0.25, 0.3) is 0 Å². The number of imidazole rings is 1. The molecule has 0 amide bonds. The summed E-state index contributed by atoms with van der Waals surface area (Å²) in [4.78, 5) is 13.8. The molecular weight excluding hydrogens is 432 g/mol. The van der Waals surface area contributed by atoms with Crippen LogP contribution in [0, 0.1) is 0 Å². The lowest BCUT2D eigenvalue weighted by molar-refractivity contribution is 0.700. The molecular formula is C26H29ClN6. The van der Waals surface area contributed by atoms with Gasteiger partial charge in [0.15, 0.2) is 11.5 Å². The van der Waals surface area contributed by atoms with Gasteiger partial charge in [0.05, 0.1) is 10.7 Å². The summed E-state index contributed by atoms with van der Waals surface area (Å²) in [6, 6.07) is 12.0. The molecule has 3 heterocycles. The van der Waals surface area contributed by atoms with Gasteiger partial charge in [-0.25, -0.2) is 9.97 Å². The second kappa shape index (κ2) is 10.5. The Kier molecular flexibility index (Phi) is 7.25. The molecule has 3 aromatic heterocycles. The number of hydrogen-bond donors (Lipinski definition) is 2. The molecule has 4 rings (SSSR count). The Morgan fingerprint density at radius 2 is 2.00 bits per heavy atom. The zero-order valence-electron chi connectivity index (χ0n) is 19.2. The highest BCUT2D eigenvalue weighted by Gasteiger charge is 2.16. The Morgan fingerprint density at radius 3 is 2.76 bits per heavy atom. The van der Waals surface area contributed by atoms with E-state index in [2.05, 4.69) is 45.8 Å². The zero-order chi connectivity index (χ0) is 23.2.